The van der Waals surface area contributed by atoms with Gasteiger partial charge in [-0.05, 0) is 189 Å². The maximum Gasteiger partial charge on any atom is 0.573 e. The highest BCUT2D eigenvalue weighted by atomic mass is 79.9. The lowest BCUT2D eigenvalue weighted by Crippen LogP contribution is -2.29. The molecule has 18 aromatic rings. The van der Waals surface area contributed by atoms with E-state index in [0.717, 1.165) is 150 Å². The highest BCUT2D eigenvalue weighted by Crippen LogP contribution is 2.39. The molecule has 0 fully saturated rings. The summed E-state index contributed by atoms with van der Waals surface area (Å²) in [5.41, 5.74) is 22.0. The Balaban J connectivity index is 0.000000146. The third kappa shape index (κ3) is 22.5. The van der Waals surface area contributed by atoms with Crippen molar-refractivity contribution in [2.75, 3.05) is 32.4 Å². The minimum absolute atomic E-state index is 0. The molecular weight excluding hydrogens is 1870 g/mol. The molecule has 0 bridgehead atoms. The number of rotatable bonds is 14. The van der Waals surface area contributed by atoms with Crippen LogP contribution in [0.2, 0.25) is 0 Å². The van der Waals surface area contributed by atoms with Gasteiger partial charge in [-0.3, -0.25) is 9.59 Å². The number of carbonyl (C=O) groups is 1. The number of nitrogens with one attached hydrogen (secondary N) is 1. The standard InChI is InChI=1S/C25H18F3N3O2.C24H16F3N3O2.C18H14BrN3O.C13H12BrNO2.C7H6BF3O3.C5H5BrN2.CH4/c1-15-23(30-20-6-4-3-5-19(20)24(15)32-2)21-14-31-12-11-17(13-22(31)29-21)16-7-9-18(10-8-16)33-25(26,27)28;1-14-22(29-19-5-3-2-4-18(19)23(14)31)20-13-30-11-10-16(12-21(30)28-20)15-6-8-17(9-7-15)32-24(25,26)27;1-11-17(15-10-22-8-7-12(19)9-16(22)20-15)21-14-6-4-3-5-13(14)18(11)23-2;1-8-12(11(16)7-14)15-10-6-4-3-5-9(10)13(8)17-2;9-7(10,11)14-6-3-1-5(2-4-6)8(12)13;6-4-1-2-8-5(7)3-4;/h3-14H,1-2H3;2-13H,1H3,(H,29,31);3-10H,1-2H3;3-6H,7H2,1-2H3;1-4,12-13H;1-3H,(H2,7,8);1H4. The van der Waals surface area contributed by atoms with E-state index in [0.29, 0.717) is 50.8 Å². The van der Waals surface area contributed by atoms with Crippen molar-refractivity contribution >= 4 is 133 Å². The van der Waals surface area contributed by atoms with Gasteiger partial charge in [-0.25, -0.2) is 34.9 Å². The number of Topliss-reactive ketones (excluding diaryl/α,β-unsaturated/α-hetero) is 1. The number of hydrogen-bond donors (Lipinski definition) is 4. The Bertz CT molecular complexity index is 7090. The van der Waals surface area contributed by atoms with Crippen LogP contribution in [0.25, 0.3) is 117 Å². The van der Waals surface area contributed by atoms with Crippen molar-refractivity contribution in [2.24, 2.45) is 0 Å². The third-order valence-corrected chi connectivity index (χ3v) is 21.0. The molecule has 0 saturated carbocycles. The van der Waals surface area contributed by atoms with E-state index in [2.05, 4.69) is 81.9 Å². The average molecular weight is 1940 g/mol. The molecule has 7 aromatic carbocycles. The Kier molecular flexibility index (Phi) is 29.4. The summed E-state index contributed by atoms with van der Waals surface area (Å²) < 4.78 is 145. The van der Waals surface area contributed by atoms with Gasteiger partial charge in [-0.2, -0.15) is 0 Å². The number of hydrogen-bond acceptors (Lipinski definition) is 18. The Morgan fingerprint density at radius 3 is 1.25 bits per heavy atom. The number of halogens is 12. The number of pyridine rings is 8. The number of nitrogens with zero attached hydrogens (tertiary/aromatic N) is 10. The first-order valence-electron chi connectivity index (χ1n) is 38.1. The highest BCUT2D eigenvalue weighted by Gasteiger charge is 2.33. The summed E-state index contributed by atoms with van der Waals surface area (Å²) in [6, 6.07) is 61.4. The lowest BCUT2D eigenvalue weighted by Gasteiger charge is -2.11. The highest BCUT2D eigenvalue weighted by molar-refractivity contribution is 9.10. The van der Waals surface area contributed by atoms with E-state index in [-0.39, 0.29) is 40.9 Å². The molecule has 0 radical (unpaired) electrons. The maximum absolute atomic E-state index is 12.8. The summed E-state index contributed by atoms with van der Waals surface area (Å²) in [7, 11) is 3.24. The Hall–Kier alpha value is -13.7. The maximum atomic E-state index is 12.8. The van der Waals surface area contributed by atoms with Gasteiger partial charge in [-0.15, -0.1) is 39.5 Å². The van der Waals surface area contributed by atoms with Gasteiger partial charge in [-0.1, -0.05) is 140 Å². The van der Waals surface area contributed by atoms with Gasteiger partial charge in [0.25, 0.3) is 0 Å². The van der Waals surface area contributed by atoms with Crippen molar-refractivity contribution in [1.82, 2.24) is 53.1 Å². The number of benzene rings is 7. The number of nitrogens with two attached hydrogens (primary N) is 1. The number of aromatic nitrogens is 11. The van der Waals surface area contributed by atoms with Crippen LogP contribution < -0.4 is 45.0 Å². The van der Waals surface area contributed by atoms with Crippen molar-refractivity contribution < 1.29 is 82.8 Å². The van der Waals surface area contributed by atoms with Gasteiger partial charge < -0.3 is 62.4 Å². The molecule has 0 aliphatic rings. The van der Waals surface area contributed by atoms with Gasteiger partial charge >= 0.3 is 26.2 Å². The predicted molar refractivity (Wildman–Crippen MR) is 487 cm³/mol. The Morgan fingerprint density at radius 2 is 0.836 bits per heavy atom. The summed E-state index contributed by atoms with van der Waals surface area (Å²) in [6.45, 7) is 7.59. The normalized spacial score (nSPS) is 11.2. The molecule has 0 spiro atoms. The van der Waals surface area contributed by atoms with E-state index in [1.54, 1.807) is 70.8 Å². The molecule has 0 saturated heterocycles. The molecule has 5 N–H and O–H groups in total. The second-order valence-electron chi connectivity index (χ2n) is 27.8. The fourth-order valence-electron chi connectivity index (χ4n) is 13.6. The lowest BCUT2D eigenvalue weighted by molar-refractivity contribution is -0.275. The number of H-pyrrole nitrogens is 1. The van der Waals surface area contributed by atoms with E-state index < -0.39 is 32.0 Å². The fourth-order valence-corrected chi connectivity index (χ4v) is 14.6. The van der Waals surface area contributed by atoms with Gasteiger partial charge in [0, 0.05) is 102 Å². The first kappa shape index (κ1) is 93.4. The number of nitrogen functional groups attached to an aromatic ring is 1. The number of carbonyl (C=O) groups excluding carboxylic acids is 1. The second-order valence-corrected chi connectivity index (χ2v) is 30.2. The first-order chi connectivity index (χ1) is 60.6. The summed E-state index contributed by atoms with van der Waals surface area (Å²) in [4.78, 5) is 59.7. The molecule has 0 amide bonds. The zero-order chi connectivity index (χ0) is 90.8. The van der Waals surface area contributed by atoms with E-state index in [9.17, 15) is 49.1 Å². The lowest BCUT2D eigenvalue weighted by atomic mass is 9.80. The second kappa shape index (κ2) is 40.3. The minimum Gasteiger partial charge on any atom is -0.496 e. The number of para-hydroxylation sites is 4. The van der Waals surface area contributed by atoms with Crippen LogP contribution in [-0.4, -0.2) is 122 Å². The van der Waals surface area contributed by atoms with Crippen LogP contribution in [0.5, 0.6) is 34.5 Å². The Morgan fingerprint density at radius 1 is 0.453 bits per heavy atom. The van der Waals surface area contributed by atoms with Crippen molar-refractivity contribution in [3.8, 4) is 90.9 Å². The van der Waals surface area contributed by atoms with Gasteiger partial charge in [0.05, 0.1) is 60.3 Å². The summed E-state index contributed by atoms with van der Waals surface area (Å²) in [5, 5.41) is 21.0. The SMILES string of the molecule is C.COc1c(C)c(-c2cn3ccc(-c4ccc(OC(F)(F)F)cc4)cc3n2)nc2ccccc12.COc1c(C)c(-c2cn3ccc(Br)cc3n2)nc2ccccc12.COc1c(C)c(C(=O)CBr)nc2ccccc12.Cc1c(-c2cn3ccc(-c4ccc(OC(F)(F)F)cc4)cc3n2)[nH]c2ccccc2c1=O.Nc1cc(Br)ccn1.OB(O)c1ccc(OC(F)(F)F)cc1. The van der Waals surface area contributed by atoms with Crippen LogP contribution in [0.1, 0.15) is 40.2 Å². The molecule has 11 aromatic heterocycles. The van der Waals surface area contributed by atoms with Gasteiger partial charge in [0.2, 0.25) is 0 Å². The van der Waals surface area contributed by atoms with Crippen molar-refractivity contribution in [1.29, 1.82) is 0 Å². The van der Waals surface area contributed by atoms with Crippen LogP contribution in [0, 0.1) is 27.7 Å². The number of ether oxygens (including phenoxy) is 6. The molecule has 18 rings (SSSR count). The van der Waals surface area contributed by atoms with Gasteiger partial charge in [0.1, 0.15) is 80.0 Å². The smallest absolute Gasteiger partial charge is 0.496 e. The largest absolute Gasteiger partial charge is 0.573 e. The molecular formula is C93H75BBr3F9N12O10. The first-order valence-corrected chi connectivity index (χ1v) is 40.8. The molecule has 0 aliphatic carbocycles. The molecule has 0 unspecified atom stereocenters. The van der Waals surface area contributed by atoms with Gasteiger partial charge in [0.15, 0.2) is 11.2 Å². The van der Waals surface area contributed by atoms with Crippen molar-refractivity contribution in [3.05, 3.63) is 309 Å². The topological polar surface area (TPSA) is 275 Å². The molecule has 35 heteroatoms. The number of methoxy groups -OCH3 is 3. The molecule has 11 heterocycles. The van der Waals surface area contributed by atoms with E-state index in [4.69, 9.17) is 49.9 Å². The molecule has 654 valence electrons. The van der Waals surface area contributed by atoms with Crippen LogP contribution in [-0.2, 0) is 0 Å². The monoisotopic (exact) mass is 1940 g/mol. The molecule has 0 atom stereocenters. The summed E-state index contributed by atoms with van der Waals surface area (Å²) in [6.07, 6.45) is -1.17. The van der Waals surface area contributed by atoms with E-state index in [1.807, 2.05) is 205 Å². The van der Waals surface area contributed by atoms with Crippen molar-refractivity contribution in [3.63, 3.8) is 0 Å². The van der Waals surface area contributed by atoms with E-state index >= 15 is 0 Å². The predicted octanol–water partition coefficient (Wildman–Crippen LogP) is 22.2. The number of ketones is 1. The van der Waals surface area contributed by atoms with E-state index in [1.165, 1.54) is 24.3 Å². The summed E-state index contributed by atoms with van der Waals surface area (Å²) in [5.74, 6) is 1.90. The van der Waals surface area contributed by atoms with Crippen LogP contribution in [0.15, 0.2) is 276 Å². The van der Waals surface area contributed by atoms with Crippen LogP contribution in [0.4, 0.5) is 45.3 Å². The molecule has 22 nitrogen and oxygen atoms in total. The average Bonchev–Trinajstić information content (AvgIpc) is 1.54. The summed E-state index contributed by atoms with van der Waals surface area (Å²) >= 11 is 9.89. The molecule has 128 heavy (non-hydrogen) atoms. The zero-order valence-electron chi connectivity index (χ0n) is 67.9. The Labute approximate surface area is 750 Å². The minimum atomic E-state index is -4.74. The number of imidazole rings is 3. The van der Waals surface area contributed by atoms with Crippen molar-refractivity contribution in [2.45, 2.75) is 54.2 Å². The number of aromatic amines is 1. The van der Waals surface area contributed by atoms with Crippen LogP contribution >= 0.6 is 47.8 Å². The molecule has 0 aliphatic heterocycles. The number of alkyl halides is 10. The zero-order valence-corrected chi connectivity index (χ0v) is 72.6. The number of fused-ring (bicyclic) bond motifs is 7. The number of anilines is 1. The fraction of sp³-hybridized carbons (Fsp3) is 0.129. The third-order valence-electron chi connectivity index (χ3n) is 19.5. The van der Waals surface area contributed by atoms with Crippen LogP contribution in [0.3, 0.4) is 0 Å². The quantitative estimate of drug-likeness (QED) is 0.0341.